The molecular formula is C16H23ClN2O3. The van der Waals surface area contributed by atoms with Gasteiger partial charge in [0.1, 0.15) is 5.75 Å². The zero-order chi connectivity index (χ0) is 15.9. The topological polar surface area (TPSA) is 64.8 Å². The molecule has 2 rings (SSSR count). The number of rotatable bonds is 7. The summed E-state index contributed by atoms with van der Waals surface area (Å²) in [6.45, 7) is 2.34. The van der Waals surface area contributed by atoms with E-state index < -0.39 is 5.91 Å². The molecule has 0 aromatic heterocycles. The molecule has 1 aromatic carbocycles. The molecule has 1 heterocycles. The van der Waals surface area contributed by atoms with Gasteiger partial charge in [-0.2, -0.15) is 0 Å². The van der Waals surface area contributed by atoms with Crippen LogP contribution in [0.2, 0.25) is 5.02 Å². The van der Waals surface area contributed by atoms with Crippen LogP contribution in [-0.4, -0.2) is 43.7 Å². The van der Waals surface area contributed by atoms with Crippen LogP contribution in [0.3, 0.4) is 0 Å². The standard InChI is InChI=1S/C16H23ClN2O3/c1-21-10-14-4-2-3-7-19(14)9-12-8-13(17)5-6-15(12)22-11-16(18)20/h5-6,8,14H,2-4,7,9-11H2,1H3,(H2,18,20)/t14-/m0/s1. The van der Waals surface area contributed by atoms with Crippen LogP contribution in [0.25, 0.3) is 0 Å². The number of nitrogens with zero attached hydrogens (tertiary/aromatic N) is 1. The molecule has 22 heavy (non-hydrogen) atoms. The number of benzene rings is 1. The van der Waals surface area contributed by atoms with E-state index in [1.165, 1.54) is 12.8 Å². The molecule has 1 atom stereocenters. The van der Waals surface area contributed by atoms with E-state index >= 15 is 0 Å². The Bertz CT molecular complexity index is 508. The molecule has 122 valence electrons. The molecule has 1 aliphatic heterocycles. The van der Waals surface area contributed by atoms with Crippen molar-refractivity contribution in [3.63, 3.8) is 0 Å². The van der Waals surface area contributed by atoms with Crippen molar-refractivity contribution in [1.29, 1.82) is 0 Å². The smallest absolute Gasteiger partial charge is 0.255 e. The molecule has 1 fully saturated rings. The van der Waals surface area contributed by atoms with E-state index in [0.29, 0.717) is 16.8 Å². The lowest BCUT2D eigenvalue weighted by atomic mass is 10.0. The van der Waals surface area contributed by atoms with Crippen LogP contribution >= 0.6 is 11.6 Å². The van der Waals surface area contributed by atoms with Gasteiger partial charge >= 0.3 is 0 Å². The molecule has 5 nitrogen and oxygen atoms in total. The maximum Gasteiger partial charge on any atom is 0.255 e. The normalized spacial score (nSPS) is 19.1. The second kappa shape index (κ2) is 8.36. The number of carbonyl (C=O) groups is 1. The van der Waals surface area contributed by atoms with Crippen molar-refractivity contribution in [2.24, 2.45) is 5.73 Å². The Labute approximate surface area is 136 Å². The summed E-state index contributed by atoms with van der Waals surface area (Å²) >= 11 is 6.10. The number of carbonyl (C=O) groups excluding carboxylic acids is 1. The van der Waals surface area contributed by atoms with E-state index in [0.717, 1.165) is 31.7 Å². The number of methoxy groups -OCH3 is 1. The summed E-state index contributed by atoms with van der Waals surface area (Å²) in [5.74, 6) is 0.168. The summed E-state index contributed by atoms with van der Waals surface area (Å²) in [6.07, 6.45) is 3.54. The fourth-order valence-corrected chi connectivity index (χ4v) is 3.02. The highest BCUT2D eigenvalue weighted by Gasteiger charge is 2.23. The van der Waals surface area contributed by atoms with Crippen molar-refractivity contribution >= 4 is 17.5 Å². The van der Waals surface area contributed by atoms with E-state index in [9.17, 15) is 4.79 Å². The minimum atomic E-state index is -0.490. The molecule has 1 aromatic rings. The molecule has 0 unspecified atom stereocenters. The van der Waals surface area contributed by atoms with E-state index in [4.69, 9.17) is 26.8 Å². The highest BCUT2D eigenvalue weighted by Crippen LogP contribution is 2.27. The third kappa shape index (κ3) is 4.87. The summed E-state index contributed by atoms with van der Waals surface area (Å²) in [6, 6.07) is 5.83. The van der Waals surface area contributed by atoms with Crippen molar-refractivity contribution in [1.82, 2.24) is 4.90 Å². The van der Waals surface area contributed by atoms with Crippen LogP contribution in [0.5, 0.6) is 5.75 Å². The SMILES string of the molecule is COC[C@@H]1CCCCN1Cc1cc(Cl)ccc1OCC(N)=O. The van der Waals surface area contributed by atoms with Crippen LogP contribution in [0.15, 0.2) is 18.2 Å². The number of amides is 1. The maximum absolute atomic E-state index is 10.9. The van der Waals surface area contributed by atoms with Gasteiger partial charge < -0.3 is 15.2 Å². The van der Waals surface area contributed by atoms with Gasteiger partial charge in [0.05, 0.1) is 6.61 Å². The molecule has 1 amide bonds. The number of nitrogens with two attached hydrogens (primary N) is 1. The molecular weight excluding hydrogens is 304 g/mol. The lowest BCUT2D eigenvalue weighted by Crippen LogP contribution is -2.41. The lowest BCUT2D eigenvalue weighted by Gasteiger charge is -2.35. The first-order chi connectivity index (χ1) is 10.6. The zero-order valence-electron chi connectivity index (χ0n) is 12.9. The molecule has 0 bridgehead atoms. The Morgan fingerprint density at radius 2 is 2.27 bits per heavy atom. The fourth-order valence-electron chi connectivity index (χ4n) is 2.83. The van der Waals surface area contributed by atoms with E-state index in [-0.39, 0.29) is 6.61 Å². The number of likely N-dealkylation sites (tertiary alicyclic amines) is 1. The third-order valence-corrected chi connectivity index (χ3v) is 4.11. The third-order valence-electron chi connectivity index (χ3n) is 3.87. The second-order valence-electron chi connectivity index (χ2n) is 5.58. The number of hydrogen-bond donors (Lipinski definition) is 1. The maximum atomic E-state index is 10.9. The van der Waals surface area contributed by atoms with Gasteiger partial charge in [0.25, 0.3) is 5.91 Å². The first kappa shape index (κ1) is 17.1. The van der Waals surface area contributed by atoms with Crippen molar-refractivity contribution < 1.29 is 14.3 Å². The summed E-state index contributed by atoms with van der Waals surface area (Å²) < 4.78 is 10.8. The monoisotopic (exact) mass is 326 g/mol. The van der Waals surface area contributed by atoms with Crippen molar-refractivity contribution in [3.05, 3.63) is 28.8 Å². The Morgan fingerprint density at radius 3 is 3.00 bits per heavy atom. The molecule has 1 saturated heterocycles. The molecule has 1 aliphatic rings. The average Bonchev–Trinajstić information content (AvgIpc) is 2.48. The highest BCUT2D eigenvalue weighted by molar-refractivity contribution is 6.30. The van der Waals surface area contributed by atoms with Crippen molar-refractivity contribution in [3.8, 4) is 5.75 Å². The van der Waals surface area contributed by atoms with Gasteiger partial charge in [-0.3, -0.25) is 9.69 Å². The summed E-state index contributed by atoms with van der Waals surface area (Å²) in [7, 11) is 1.73. The second-order valence-corrected chi connectivity index (χ2v) is 6.02. The molecule has 0 aliphatic carbocycles. The van der Waals surface area contributed by atoms with Crippen molar-refractivity contribution in [2.45, 2.75) is 31.8 Å². The van der Waals surface area contributed by atoms with Crippen LogP contribution in [-0.2, 0) is 16.1 Å². The minimum Gasteiger partial charge on any atom is -0.483 e. The summed E-state index contributed by atoms with van der Waals surface area (Å²) in [5.41, 5.74) is 6.12. The average molecular weight is 327 g/mol. The van der Waals surface area contributed by atoms with Gasteiger partial charge in [0, 0.05) is 30.3 Å². The van der Waals surface area contributed by atoms with Gasteiger partial charge in [0.2, 0.25) is 0 Å². The van der Waals surface area contributed by atoms with Gasteiger partial charge in [-0.25, -0.2) is 0 Å². The van der Waals surface area contributed by atoms with Gasteiger partial charge in [-0.15, -0.1) is 0 Å². The van der Waals surface area contributed by atoms with Gasteiger partial charge in [-0.1, -0.05) is 18.0 Å². The molecule has 0 saturated carbocycles. The minimum absolute atomic E-state index is 0.129. The van der Waals surface area contributed by atoms with Gasteiger partial charge in [-0.05, 0) is 37.6 Å². The first-order valence-electron chi connectivity index (χ1n) is 7.52. The first-order valence-corrected chi connectivity index (χ1v) is 7.90. The number of halogens is 1. The fraction of sp³-hybridized carbons (Fsp3) is 0.562. The zero-order valence-corrected chi connectivity index (χ0v) is 13.6. The van der Waals surface area contributed by atoms with Crippen LogP contribution in [0, 0.1) is 0 Å². The Morgan fingerprint density at radius 1 is 1.45 bits per heavy atom. The predicted octanol–water partition coefficient (Wildman–Crippen LogP) is 2.21. The summed E-state index contributed by atoms with van der Waals surface area (Å²) in [5, 5.41) is 0.654. The predicted molar refractivity (Wildman–Crippen MR) is 86.1 cm³/mol. The Kier molecular flexibility index (Phi) is 6.49. The Hall–Kier alpha value is -1.30. The number of primary amides is 1. The van der Waals surface area contributed by atoms with E-state index in [2.05, 4.69) is 4.90 Å². The molecule has 0 spiro atoms. The van der Waals surface area contributed by atoms with E-state index in [1.54, 1.807) is 19.2 Å². The lowest BCUT2D eigenvalue weighted by molar-refractivity contribution is -0.119. The summed E-state index contributed by atoms with van der Waals surface area (Å²) in [4.78, 5) is 13.3. The molecule has 0 radical (unpaired) electrons. The van der Waals surface area contributed by atoms with Gasteiger partial charge in [0.15, 0.2) is 6.61 Å². The number of ether oxygens (including phenoxy) is 2. The quantitative estimate of drug-likeness (QED) is 0.834. The number of piperidine rings is 1. The van der Waals surface area contributed by atoms with Crippen LogP contribution in [0.1, 0.15) is 24.8 Å². The molecule has 2 N–H and O–H groups in total. The molecule has 6 heteroatoms. The Balaban J connectivity index is 2.12. The van der Waals surface area contributed by atoms with E-state index in [1.807, 2.05) is 6.07 Å². The largest absolute Gasteiger partial charge is 0.483 e. The van der Waals surface area contributed by atoms with Crippen LogP contribution in [0.4, 0.5) is 0 Å². The van der Waals surface area contributed by atoms with Crippen LogP contribution < -0.4 is 10.5 Å². The highest BCUT2D eigenvalue weighted by atomic mass is 35.5. The number of hydrogen-bond acceptors (Lipinski definition) is 4. The van der Waals surface area contributed by atoms with Crippen molar-refractivity contribution in [2.75, 3.05) is 26.9 Å².